The molecule has 5 heteroatoms. The molecule has 132 valence electrons. The summed E-state index contributed by atoms with van der Waals surface area (Å²) in [6.07, 6.45) is 1.92. The molecule has 0 atom stereocenters. The molecule has 2 aliphatic rings. The number of aryl methyl sites for hydroxylation is 1. The molecule has 0 aliphatic carbocycles. The summed E-state index contributed by atoms with van der Waals surface area (Å²) in [4.78, 5) is 21.9. The second kappa shape index (κ2) is 7.38. The highest BCUT2D eigenvalue weighted by Crippen LogP contribution is 2.31. The predicted octanol–water partition coefficient (Wildman–Crippen LogP) is 3.79. The second-order valence-corrected chi connectivity index (χ2v) is 7.49. The molecule has 0 aromatic heterocycles. The number of thioether (sulfide) groups is 1. The second-order valence-electron chi connectivity index (χ2n) is 6.48. The summed E-state index contributed by atoms with van der Waals surface area (Å²) >= 11 is 1.49. The van der Waals surface area contributed by atoms with Crippen molar-refractivity contribution in [1.29, 1.82) is 0 Å². The molecule has 1 amide bonds. The Kier molecular flexibility index (Phi) is 4.80. The topological polar surface area (TPSA) is 35.9 Å². The number of hydrogen-bond acceptors (Lipinski definition) is 4. The van der Waals surface area contributed by atoms with E-state index >= 15 is 0 Å². The van der Waals surface area contributed by atoms with Crippen molar-refractivity contribution in [1.82, 2.24) is 4.90 Å². The number of amidine groups is 1. The van der Waals surface area contributed by atoms with Crippen molar-refractivity contribution in [2.24, 2.45) is 4.99 Å². The molecular weight excluding hydrogens is 342 g/mol. The molecule has 0 spiro atoms. The van der Waals surface area contributed by atoms with Gasteiger partial charge in [-0.05, 0) is 42.0 Å². The third-order valence-corrected chi connectivity index (χ3v) is 5.76. The number of para-hydroxylation sites is 1. The number of carbonyl (C=O) groups is 1. The number of piperazine rings is 1. The average Bonchev–Trinajstić information content (AvgIpc) is 3.04. The number of amides is 1. The molecule has 2 aromatic rings. The molecule has 4 rings (SSSR count). The highest BCUT2D eigenvalue weighted by Gasteiger charge is 2.28. The van der Waals surface area contributed by atoms with Crippen LogP contribution >= 0.6 is 11.8 Å². The van der Waals surface area contributed by atoms with Crippen molar-refractivity contribution in [2.75, 3.05) is 31.1 Å². The van der Waals surface area contributed by atoms with Crippen LogP contribution in [0.5, 0.6) is 0 Å². The van der Waals surface area contributed by atoms with Crippen molar-refractivity contribution < 1.29 is 4.79 Å². The van der Waals surface area contributed by atoms with Gasteiger partial charge in [-0.1, -0.05) is 48.5 Å². The van der Waals surface area contributed by atoms with Crippen LogP contribution in [-0.2, 0) is 4.79 Å². The van der Waals surface area contributed by atoms with Gasteiger partial charge >= 0.3 is 0 Å². The van der Waals surface area contributed by atoms with E-state index in [0.717, 1.165) is 36.9 Å². The number of carbonyl (C=O) groups excluding carboxylic acids is 1. The minimum absolute atomic E-state index is 0.129. The van der Waals surface area contributed by atoms with Crippen LogP contribution in [0, 0.1) is 6.92 Å². The number of benzene rings is 2. The summed E-state index contributed by atoms with van der Waals surface area (Å²) in [5, 5.41) is 0.835. The monoisotopic (exact) mass is 363 g/mol. The summed E-state index contributed by atoms with van der Waals surface area (Å²) in [5.74, 6) is -0.129. The van der Waals surface area contributed by atoms with Crippen molar-refractivity contribution in [2.45, 2.75) is 6.92 Å². The molecule has 2 heterocycles. The van der Waals surface area contributed by atoms with Gasteiger partial charge in [0.15, 0.2) is 5.17 Å². The number of rotatable bonds is 2. The molecular formula is C21H21N3OS. The van der Waals surface area contributed by atoms with Crippen molar-refractivity contribution >= 4 is 34.6 Å². The van der Waals surface area contributed by atoms with E-state index in [0.29, 0.717) is 4.91 Å². The Balaban J connectivity index is 1.41. The first-order valence-electron chi connectivity index (χ1n) is 8.84. The Morgan fingerprint density at radius 2 is 1.58 bits per heavy atom. The lowest BCUT2D eigenvalue weighted by Gasteiger charge is -2.37. The Morgan fingerprint density at radius 3 is 2.31 bits per heavy atom. The number of aliphatic imine (C=N–C) groups is 1. The Bertz CT molecular complexity index is 868. The first-order valence-corrected chi connectivity index (χ1v) is 9.65. The van der Waals surface area contributed by atoms with Gasteiger partial charge in [0.25, 0.3) is 5.91 Å². The highest BCUT2D eigenvalue weighted by molar-refractivity contribution is 8.18. The Morgan fingerprint density at radius 1 is 0.923 bits per heavy atom. The van der Waals surface area contributed by atoms with Crippen LogP contribution in [0.3, 0.4) is 0 Å². The molecule has 1 fully saturated rings. The molecule has 2 aliphatic heterocycles. The van der Waals surface area contributed by atoms with Crippen LogP contribution in [-0.4, -0.2) is 42.2 Å². The molecule has 4 nitrogen and oxygen atoms in total. The van der Waals surface area contributed by atoms with Crippen LogP contribution in [0.1, 0.15) is 11.1 Å². The molecule has 0 bridgehead atoms. The highest BCUT2D eigenvalue weighted by atomic mass is 32.2. The third-order valence-electron chi connectivity index (χ3n) is 4.71. The molecule has 26 heavy (non-hydrogen) atoms. The van der Waals surface area contributed by atoms with Gasteiger partial charge in [0.2, 0.25) is 0 Å². The number of hydrogen-bond donors (Lipinski definition) is 0. The van der Waals surface area contributed by atoms with Crippen molar-refractivity contribution in [3.05, 3.63) is 70.6 Å². The zero-order valence-electron chi connectivity index (χ0n) is 14.8. The largest absolute Gasteiger partial charge is 0.368 e. The summed E-state index contributed by atoms with van der Waals surface area (Å²) in [6, 6.07) is 18.4. The fourth-order valence-electron chi connectivity index (χ4n) is 3.29. The fourth-order valence-corrected chi connectivity index (χ4v) is 4.26. The first kappa shape index (κ1) is 16.9. The van der Waals surface area contributed by atoms with E-state index in [4.69, 9.17) is 0 Å². The van der Waals surface area contributed by atoms with Crippen molar-refractivity contribution in [3.63, 3.8) is 0 Å². The lowest BCUT2D eigenvalue weighted by atomic mass is 10.1. The smallest absolute Gasteiger partial charge is 0.286 e. The van der Waals surface area contributed by atoms with E-state index in [1.165, 1.54) is 23.0 Å². The standard InChI is InChI=1S/C21H21N3OS/c1-16-7-5-6-10-18(16)23-11-13-24(14-12-23)21-22-20(25)19(26-21)15-17-8-3-2-4-9-17/h2-10,15H,11-14H2,1H3/b19-15-. The van der Waals surface area contributed by atoms with Crippen LogP contribution in [0.15, 0.2) is 64.5 Å². The summed E-state index contributed by atoms with van der Waals surface area (Å²) in [7, 11) is 0. The number of nitrogens with zero attached hydrogens (tertiary/aromatic N) is 3. The van der Waals surface area contributed by atoms with Crippen LogP contribution < -0.4 is 4.90 Å². The first-order chi connectivity index (χ1) is 12.7. The van der Waals surface area contributed by atoms with Crippen LogP contribution in [0.25, 0.3) is 6.08 Å². The lowest BCUT2D eigenvalue weighted by Crippen LogP contribution is -2.48. The molecule has 0 radical (unpaired) electrons. The van der Waals surface area contributed by atoms with Gasteiger partial charge in [-0.15, -0.1) is 0 Å². The summed E-state index contributed by atoms with van der Waals surface area (Å²) in [6.45, 7) is 5.79. The van der Waals surface area contributed by atoms with Crippen LogP contribution in [0.2, 0.25) is 0 Å². The van der Waals surface area contributed by atoms with Crippen molar-refractivity contribution in [3.8, 4) is 0 Å². The van der Waals surface area contributed by atoms with E-state index in [1.807, 2.05) is 36.4 Å². The van der Waals surface area contributed by atoms with E-state index in [-0.39, 0.29) is 5.91 Å². The third kappa shape index (κ3) is 3.53. The average molecular weight is 363 g/mol. The van der Waals surface area contributed by atoms with Gasteiger partial charge in [-0.3, -0.25) is 4.79 Å². The maximum absolute atomic E-state index is 12.2. The van der Waals surface area contributed by atoms with E-state index < -0.39 is 0 Å². The minimum Gasteiger partial charge on any atom is -0.368 e. The van der Waals surface area contributed by atoms with E-state index in [2.05, 4.69) is 46.0 Å². The molecule has 1 saturated heterocycles. The zero-order chi connectivity index (χ0) is 17.9. The Labute approximate surface area is 158 Å². The van der Waals surface area contributed by atoms with Gasteiger partial charge < -0.3 is 9.80 Å². The Hall–Kier alpha value is -2.53. The van der Waals surface area contributed by atoms with Gasteiger partial charge in [0, 0.05) is 31.9 Å². The molecule has 0 saturated carbocycles. The minimum atomic E-state index is -0.129. The van der Waals surface area contributed by atoms with Gasteiger partial charge in [-0.25, -0.2) is 0 Å². The van der Waals surface area contributed by atoms with E-state index in [1.54, 1.807) is 0 Å². The van der Waals surface area contributed by atoms with Gasteiger partial charge in [-0.2, -0.15) is 4.99 Å². The number of anilines is 1. The maximum atomic E-state index is 12.2. The normalized spacial score (nSPS) is 19.2. The van der Waals surface area contributed by atoms with E-state index in [9.17, 15) is 4.79 Å². The predicted molar refractivity (Wildman–Crippen MR) is 109 cm³/mol. The SMILES string of the molecule is Cc1ccccc1N1CCN(C2=NC(=O)/C(=C/c3ccccc3)S2)CC1. The lowest BCUT2D eigenvalue weighted by molar-refractivity contribution is -0.113. The van der Waals surface area contributed by atoms with Crippen LogP contribution in [0.4, 0.5) is 5.69 Å². The molecule has 2 aromatic carbocycles. The molecule has 0 unspecified atom stereocenters. The maximum Gasteiger partial charge on any atom is 0.286 e. The van der Waals surface area contributed by atoms with Gasteiger partial charge in [0.05, 0.1) is 4.91 Å². The fraction of sp³-hybridized carbons (Fsp3) is 0.238. The summed E-state index contributed by atoms with van der Waals surface area (Å²) < 4.78 is 0. The molecule has 0 N–H and O–H groups in total. The zero-order valence-corrected chi connectivity index (χ0v) is 15.6. The quantitative estimate of drug-likeness (QED) is 0.761. The van der Waals surface area contributed by atoms with Gasteiger partial charge in [0.1, 0.15) is 0 Å². The summed E-state index contributed by atoms with van der Waals surface area (Å²) in [5.41, 5.74) is 3.63.